The van der Waals surface area contributed by atoms with Crippen LogP contribution in [0.5, 0.6) is 0 Å². The van der Waals surface area contributed by atoms with Crippen molar-refractivity contribution >= 4 is 5.57 Å². The molecule has 2 nitrogen and oxygen atoms in total. The number of allylic oxidation sites excluding steroid dienone is 1. The monoisotopic (exact) mass is 328 g/mol. The molecule has 0 spiro atoms. The van der Waals surface area contributed by atoms with Crippen LogP contribution in [0, 0.1) is 0 Å². The number of benzene rings is 2. The van der Waals surface area contributed by atoms with Crippen molar-refractivity contribution in [3.63, 3.8) is 0 Å². The Morgan fingerprint density at radius 3 is 2.04 bits per heavy atom. The van der Waals surface area contributed by atoms with Crippen molar-refractivity contribution in [2.24, 2.45) is 0 Å². The van der Waals surface area contributed by atoms with Gasteiger partial charge in [-0.15, -0.1) is 0 Å². The van der Waals surface area contributed by atoms with Crippen molar-refractivity contribution in [3.05, 3.63) is 108 Å². The molecule has 0 radical (unpaired) electrons. The van der Waals surface area contributed by atoms with E-state index in [9.17, 15) is 0 Å². The summed E-state index contributed by atoms with van der Waals surface area (Å²) in [6, 6.07) is 27.3. The molecule has 0 aliphatic rings. The van der Waals surface area contributed by atoms with Gasteiger partial charge < -0.3 is 5.32 Å². The zero-order valence-electron chi connectivity index (χ0n) is 14.4. The largest absolute Gasteiger partial charge is 0.311 e. The van der Waals surface area contributed by atoms with Crippen molar-refractivity contribution in [1.29, 1.82) is 0 Å². The van der Waals surface area contributed by atoms with E-state index in [1.54, 1.807) is 0 Å². The fourth-order valence-electron chi connectivity index (χ4n) is 2.83. The molecule has 2 aromatic carbocycles. The highest BCUT2D eigenvalue weighted by molar-refractivity contribution is 5.79. The topological polar surface area (TPSA) is 24.9 Å². The molecule has 0 aliphatic heterocycles. The number of rotatable bonds is 8. The van der Waals surface area contributed by atoms with E-state index in [1.807, 2.05) is 18.3 Å². The lowest BCUT2D eigenvalue weighted by molar-refractivity contribution is 0.646. The maximum absolute atomic E-state index is 4.33. The van der Waals surface area contributed by atoms with E-state index in [4.69, 9.17) is 0 Å². The molecule has 3 rings (SSSR count). The summed E-state index contributed by atoms with van der Waals surface area (Å²) in [5.41, 5.74) is 4.95. The van der Waals surface area contributed by atoms with Crippen molar-refractivity contribution in [3.8, 4) is 0 Å². The minimum Gasteiger partial charge on any atom is -0.311 e. The Balaban J connectivity index is 1.56. The van der Waals surface area contributed by atoms with Crippen LogP contribution in [-0.2, 0) is 6.54 Å². The molecule has 2 heteroatoms. The third-order valence-corrected chi connectivity index (χ3v) is 4.11. The predicted octanol–water partition coefficient (Wildman–Crippen LogP) is 5.08. The SMILES string of the molecule is C(CCCNCc1ccccn1)=C(c1ccccc1)c1ccccc1. The Labute approximate surface area is 150 Å². The summed E-state index contributed by atoms with van der Waals surface area (Å²) in [7, 11) is 0. The van der Waals surface area contributed by atoms with E-state index in [0.717, 1.165) is 31.6 Å². The highest BCUT2D eigenvalue weighted by Gasteiger charge is 2.03. The lowest BCUT2D eigenvalue weighted by Crippen LogP contribution is -2.15. The number of nitrogens with one attached hydrogen (secondary N) is 1. The number of hydrogen-bond acceptors (Lipinski definition) is 2. The highest BCUT2D eigenvalue weighted by Crippen LogP contribution is 2.23. The van der Waals surface area contributed by atoms with Crippen LogP contribution in [0.25, 0.3) is 5.57 Å². The second-order valence-corrected chi connectivity index (χ2v) is 5.99. The van der Waals surface area contributed by atoms with Crippen LogP contribution < -0.4 is 5.32 Å². The Morgan fingerprint density at radius 2 is 1.44 bits per heavy atom. The first-order valence-electron chi connectivity index (χ1n) is 8.85. The molecule has 0 unspecified atom stereocenters. The number of hydrogen-bond donors (Lipinski definition) is 1. The van der Waals surface area contributed by atoms with Gasteiger partial charge in [0.25, 0.3) is 0 Å². The average molecular weight is 328 g/mol. The quantitative estimate of drug-likeness (QED) is 0.583. The van der Waals surface area contributed by atoms with Gasteiger partial charge >= 0.3 is 0 Å². The fraction of sp³-hybridized carbons (Fsp3) is 0.174. The van der Waals surface area contributed by atoms with Gasteiger partial charge in [-0.2, -0.15) is 0 Å². The van der Waals surface area contributed by atoms with Gasteiger partial charge in [0, 0.05) is 12.7 Å². The molecule has 0 aliphatic carbocycles. The highest BCUT2D eigenvalue weighted by atomic mass is 14.9. The molecule has 0 saturated heterocycles. The molecule has 0 fully saturated rings. The van der Waals surface area contributed by atoms with Crippen LogP contribution in [-0.4, -0.2) is 11.5 Å². The molecule has 3 aromatic rings. The zero-order chi connectivity index (χ0) is 17.2. The first-order valence-corrected chi connectivity index (χ1v) is 8.85. The van der Waals surface area contributed by atoms with Gasteiger partial charge in [0.15, 0.2) is 0 Å². The lowest BCUT2D eigenvalue weighted by atomic mass is 9.96. The molecule has 0 atom stereocenters. The average Bonchev–Trinajstić information content (AvgIpc) is 2.69. The van der Waals surface area contributed by atoms with E-state index in [-0.39, 0.29) is 0 Å². The van der Waals surface area contributed by atoms with Gasteiger partial charge in [0.05, 0.1) is 5.69 Å². The van der Waals surface area contributed by atoms with Crippen LogP contribution in [0.3, 0.4) is 0 Å². The molecule has 0 amide bonds. The van der Waals surface area contributed by atoms with Crippen LogP contribution in [0.15, 0.2) is 91.1 Å². The smallest absolute Gasteiger partial charge is 0.0541 e. The summed E-state index contributed by atoms with van der Waals surface area (Å²) in [6.45, 7) is 1.82. The van der Waals surface area contributed by atoms with E-state index >= 15 is 0 Å². The number of unbranched alkanes of at least 4 members (excludes halogenated alkanes) is 1. The second kappa shape index (κ2) is 9.55. The molecule has 0 bridgehead atoms. The van der Waals surface area contributed by atoms with Crippen molar-refractivity contribution in [2.45, 2.75) is 19.4 Å². The molecule has 1 heterocycles. The molecule has 126 valence electrons. The molecular weight excluding hydrogens is 304 g/mol. The van der Waals surface area contributed by atoms with Gasteiger partial charge in [0.2, 0.25) is 0 Å². The van der Waals surface area contributed by atoms with Crippen LogP contribution in [0.4, 0.5) is 0 Å². The van der Waals surface area contributed by atoms with Crippen LogP contribution in [0.1, 0.15) is 29.7 Å². The summed E-state index contributed by atoms with van der Waals surface area (Å²) >= 11 is 0. The van der Waals surface area contributed by atoms with E-state index < -0.39 is 0 Å². The minimum atomic E-state index is 0.828. The number of pyridine rings is 1. The van der Waals surface area contributed by atoms with E-state index in [1.165, 1.54) is 16.7 Å². The van der Waals surface area contributed by atoms with Crippen LogP contribution in [0.2, 0.25) is 0 Å². The standard InChI is InChI=1S/C23H24N2/c1-3-11-20(12-4-1)23(21-13-5-2-6-14-21)16-8-9-17-24-19-22-15-7-10-18-25-22/h1-7,10-16,18,24H,8-9,17,19H2. The molecule has 25 heavy (non-hydrogen) atoms. The van der Waals surface area contributed by atoms with E-state index in [0.29, 0.717) is 0 Å². The van der Waals surface area contributed by atoms with Crippen molar-refractivity contribution < 1.29 is 0 Å². The summed E-state index contributed by atoms with van der Waals surface area (Å²) in [6.07, 6.45) is 6.35. The maximum Gasteiger partial charge on any atom is 0.0541 e. The Hall–Kier alpha value is -2.71. The van der Waals surface area contributed by atoms with Crippen molar-refractivity contribution in [2.75, 3.05) is 6.54 Å². The summed E-state index contributed by atoms with van der Waals surface area (Å²) in [5, 5.41) is 3.46. The third kappa shape index (κ3) is 5.40. The van der Waals surface area contributed by atoms with Gasteiger partial charge in [-0.1, -0.05) is 72.8 Å². The fourth-order valence-corrected chi connectivity index (χ4v) is 2.83. The van der Waals surface area contributed by atoms with Gasteiger partial charge in [-0.25, -0.2) is 0 Å². The third-order valence-electron chi connectivity index (χ3n) is 4.11. The first kappa shape index (κ1) is 17.1. The van der Waals surface area contributed by atoms with Gasteiger partial charge in [-0.05, 0) is 48.2 Å². The maximum atomic E-state index is 4.33. The van der Waals surface area contributed by atoms with Gasteiger partial charge in [-0.3, -0.25) is 4.98 Å². The Bertz CT molecular complexity index is 723. The minimum absolute atomic E-state index is 0.828. The number of aromatic nitrogens is 1. The van der Waals surface area contributed by atoms with Crippen molar-refractivity contribution in [1.82, 2.24) is 10.3 Å². The lowest BCUT2D eigenvalue weighted by Gasteiger charge is -2.09. The number of nitrogens with zero attached hydrogens (tertiary/aromatic N) is 1. The zero-order valence-corrected chi connectivity index (χ0v) is 14.4. The van der Waals surface area contributed by atoms with Gasteiger partial charge in [0.1, 0.15) is 0 Å². The normalized spacial score (nSPS) is 10.4. The molecule has 1 N–H and O–H groups in total. The molecule has 0 saturated carbocycles. The Kier molecular flexibility index (Phi) is 6.54. The molecule has 1 aromatic heterocycles. The van der Waals surface area contributed by atoms with E-state index in [2.05, 4.69) is 83.1 Å². The summed E-state index contributed by atoms with van der Waals surface area (Å²) in [4.78, 5) is 4.33. The predicted molar refractivity (Wildman–Crippen MR) is 105 cm³/mol. The molecular formula is C23H24N2. The summed E-state index contributed by atoms with van der Waals surface area (Å²) < 4.78 is 0. The first-order chi connectivity index (χ1) is 12.4. The second-order valence-electron chi connectivity index (χ2n) is 5.99. The Morgan fingerprint density at radius 1 is 0.800 bits per heavy atom. The summed E-state index contributed by atoms with van der Waals surface area (Å²) in [5.74, 6) is 0. The van der Waals surface area contributed by atoms with Crippen LogP contribution >= 0.6 is 0 Å².